The molecule has 1 atom stereocenters. The smallest absolute Gasteiger partial charge is 0.0638 e. The molecule has 0 aromatic rings. The van der Waals surface area contributed by atoms with Gasteiger partial charge in [0.1, 0.15) is 0 Å². The fourth-order valence-corrected chi connectivity index (χ4v) is 1.35. The molecule has 1 N–H and O–H groups in total. The van der Waals surface area contributed by atoms with E-state index >= 15 is 0 Å². The zero-order valence-electron chi connectivity index (χ0n) is 8.24. The fourth-order valence-electron chi connectivity index (χ4n) is 1.35. The molecule has 0 aliphatic rings. The van der Waals surface area contributed by atoms with Gasteiger partial charge in [0.15, 0.2) is 0 Å². The Labute approximate surface area is 80.3 Å². The highest BCUT2D eigenvalue weighted by molar-refractivity contribution is 4.85. The van der Waals surface area contributed by atoms with Crippen molar-refractivity contribution in [1.82, 2.24) is 4.90 Å². The second-order valence-corrected chi connectivity index (χ2v) is 2.93. The predicted octanol–water partition coefficient (Wildman–Crippen LogP) is 1.16. The zero-order valence-corrected chi connectivity index (χ0v) is 8.24. The van der Waals surface area contributed by atoms with E-state index in [1.54, 1.807) is 6.08 Å². The molecule has 0 aromatic carbocycles. The van der Waals surface area contributed by atoms with Crippen LogP contribution in [0.1, 0.15) is 19.8 Å². The van der Waals surface area contributed by atoms with E-state index in [9.17, 15) is 0 Å². The van der Waals surface area contributed by atoms with Crippen LogP contribution in [0.15, 0.2) is 12.7 Å². The van der Waals surface area contributed by atoms with E-state index in [4.69, 9.17) is 10.4 Å². The molecule has 3 nitrogen and oxygen atoms in total. The van der Waals surface area contributed by atoms with Crippen molar-refractivity contribution in [1.29, 1.82) is 5.26 Å². The summed E-state index contributed by atoms with van der Waals surface area (Å²) in [6.07, 6.45) is 3.25. The molecule has 74 valence electrons. The van der Waals surface area contributed by atoms with Gasteiger partial charge in [0.25, 0.3) is 0 Å². The average molecular weight is 182 g/mol. The van der Waals surface area contributed by atoms with Crippen molar-refractivity contribution in [2.45, 2.75) is 25.8 Å². The van der Waals surface area contributed by atoms with Gasteiger partial charge in [-0.3, -0.25) is 4.90 Å². The summed E-state index contributed by atoms with van der Waals surface area (Å²) in [5.74, 6) is 0. The maximum Gasteiger partial charge on any atom is 0.0638 e. The van der Waals surface area contributed by atoms with Crippen molar-refractivity contribution in [3.8, 4) is 6.07 Å². The molecule has 13 heavy (non-hydrogen) atoms. The fraction of sp³-hybridized carbons (Fsp3) is 0.700. The van der Waals surface area contributed by atoms with Crippen LogP contribution < -0.4 is 0 Å². The number of rotatable bonds is 7. The molecular formula is C10H18N2O. The second-order valence-electron chi connectivity index (χ2n) is 2.93. The third-order valence-corrected chi connectivity index (χ3v) is 2.07. The summed E-state index contributed by atoms with van der Waals surface area (Å²) in [6, 6.07) is 2.40. The lowest BCUT2D eigenvalue weighted by molar-refractivity contribution is 0.162. The third-order valence-electron chi connectivity index (χ3n) is 2.07. The molecule has 3 heteroatoms. The molecule has 0 aliphatic heterocycles. The first-order valence-corrected chi connectivity index (χ1v) is 4.62. The van der Waals surface area contributed by atoms with Crippen LogP contribution in [0.4, 0.5) is 0 Å². The molecular weight excluding hydrogens is 164 g/mol. The maximum atomic E-state index is 8.82. The van der Waals surface area contributed by atoms with Crippen LogP contribution in [0.5, 0.6) is 0 Å². The van der Waals surface area contributed by atoms with Gasteiger partial charge in [0.05, 0.1) is 19.1 Å². The van der Waals surface area contributed by atoms with Crippen molar-refractivity contribution >= 4 is 0 Å². The number of hydrogen-bond acceptors (Lipinski definition) is 3. The molecule has 0 aliphatic carbocycles. The molecule has 0 spiro atoms. The van der Waals surface area contributed by atoms with Gasteiger partial charge in [-0.15, -0.1) is 6.58 Å². The minimum atomic E-state index is 0.135. The number of nitriles is 1. The van der Waals surface area contributed by atoms with Gasteiger partial charge in [0, 0.05) is 19.1 Å². The lowest BCUT2D eigenvalue weighted by Crippen LogP contribution is -2.36. The highest BCUT2D eigenvalue weighted by atomic mass is 16.3. The average Bonchev–Trinajstić information content (AvgIpc) is 2.14. The SMILES string of the molecule is C=CCN(CCO)C(CC)CC#N. The third kappa shape index (κ3) is 4.66. The van der Waals surface area contributed by atoms with Crippen molar-refractivity contribution in [3.05, 3.63) is 12.7 Å². The number of nitrogens with zero attached hydrogens (tertiary/aromatic N) is 2. The van der Waals surface area contributed by atoms with Crippen molar-refractivity contribution in [2.24, 2.45) is 0 Å². The number of hydrogen-bond donors (Lipinski definition) is 1. The molecule has 0 aromatic heterocycles. The van der Waals surface area contributed by atoms with Crippen LogP contribution in [0.2, 0.25) is 0 Å². The van der Waals surface area contributed by atoms with Crippen LogP contribution in [-0.4, -0.2) is 35.7 Å². The van der Waals surface area contributed by atoms with Crippen LogP contribution >= 0.6 is 0 Å². The van der Waals surface area contributed by atoms with Gasteiger partial charge in [-0.2, -0.15) is 5.26 Å². The van der Waals surface area contributed by atoms with Gasteiger partial charge in [-0.1, -0.05) is 13.0 Å². The normalized spacial score (nSPS) is 12.5. The summed E-state index contributed by atoms with van der Waals surface area (Å²) in [6.45, 7) is 7.19. The summed E-state index contributed by atoms with van der Waals surface area (Å²) >= 11 is 0. The van der Waals surface area contributed by atoms with Crippen molar-refractivity contribution in [3.63, 3.8) is 0 Å². The Hall–Kier alpha value is -0.850. The molecule has 0 amide bonds. The standard InChI is InChI=1S/C10H18N2O/c1-3-7-12(8-9-13)10(4-2)5-6-11/h3,10,13H,1,4-5,7-9H2,2H3. The Balaban J connectivity index is 4.11. The second kappa shape index (κ2) is 7.78. The minimum Gasteiger partial charge on any atom is -0.395 e. The molecule has 0 rings (SSSR count). The zero-order chi connectivity index (χ0) is 10.1. The Kier molecular flexibility index (Phi) is 7.27. The first kappa shape index (κ1) is 12.2. The van der Waals surface area contributed by atoms with Gasteiger partial charge >= 0.3 is 0 Å². The molecule has 0 fully saturated rings. The lowest BCUT2D eigenvalue weighted by Gasteiger charge is -2.27. The highest BCUT2D eigenvalue weighted by Gasteiger charge is 2.13. The van der Waals surface area contributed by atoms with Gasteiger partial charge in [-0.25, -0.2) is 0 Å². The summed E-state index contributed by atoms with van der Waals surface area (Å²) in [4.78, 5) is 2.08. The van der Waals surface area contributed by atoms with E-state index in [-0.39, 0.29) is 12.6 Å². The topological polar surface area (TPSA) is 47.3 Å². The molecule has 0 radical (unpaired) electrons. The van der Waals surface area contributed by atoms with Gasteiger partial charge in [0.2, 0.25) is 0 Å². The molecule has 0 bridgehead atoms. The number of aliphatic hydroxyl groups excluding tert-OH is 1. The van der Waals surface area contributed by atoms with E-state index in [1.807, 2.05) is 0 Å². The van der Waals surface area contributed by atoms with Crippen LogP contribution in [0, 0.1) is 11.3 Å². The molecule has 0 saturated heterocycles. The minimum absolute atomic E-state index is 0.135. The summed E-state index contributed by atoms with van der Waals surface area (Å²) < 4.78 is 0. The van der Waals surface area contributed by atoms with Gasteiger partial charge < -0.3 is 5.11 Å². The van der Waals surface area contributed by atoms with E-state index in [2.05, 4.69) is 24.5 Å². The largest absolute Gasteiger partial charge is 0.395 e. The Morgan fingerprint density at radius 2 is 2.38 bits per heavy atom. The Morgan fingerprint density at radius 1 is 1.69 bits per heavy atom. The Morgan fingerprint density at radius 3 is 2.77 bits per heavy atom. The Bertz CT molecular complexity index is 174. The predicted molar refractivity (Wildman–Crippen MR) is 53.2 cm³/mol. The van der Waals surface area contributed by atoms with Gasteiger partial charge in [-0.05, 0) is 6.42 Å². The first-order chi connectivity index (χ1) is 6.29. The first-order valence-electron chi connectivity index (χ1n) is 4.62. The van der Waals surface area contributed by atoms with Crippen LogP contribution in [0.3, 0.4) is 0 Å². The van der Waals surface area contributed by atoms with Crippen LogP contribution in [0.25, 0.3) is 0 Å². The molecule has 0 saturated carbocycles. The van der Waals surface area contributed by atoms with E-state index < -0.39 is 0 Å². The molecule has 1 unspecified atom stereocenters. The molecule has 0 heterocycles. The number of aliphatic hydroxyl groups is 1. The van der Waals surface area contributed by atoms with Crippen LogP contribution in [-0.2, 0) is 0 Å². The summed E-state index contributed by atoms with van der Waals surface area (Å²) in [5, 5.41) is 17.4. The van der Waals surface area contributed by atoms with Crippen molar-refractivity contribution < 1.29 is 5.11 Å². The monoisotopic (exact) mass is 182 g/mol. The highest BCUT2D eigenvalue weighted by Crippen LogP contribution is 2.07. The maximum absolute atomic E-state index is 8.82. The van der Waals surface area contributed by atoms with E-state index in [1.165, 1.54) is 0 Å². The lowest BCUT2D eigenvalue weighted by atomic mass is 10.1. The van der Waals surface area contributed by atoms with E-state index in [0.29, 0.717) is 13.0 Å². The quantitative estimate of drug-likeness (QED) is 0.601. The summed E-state index contributed by atoms with van der Waals surface area (Å²) in [7, 11) is 0. The van der Waals surface area contributed by atoms with Crippen molar-refractivity contribution in [2.75, 3.05) is 19.7 Å². The summed E-state index contributed by atoms with van der Waals surface area (Å²) in [5.41, 5.74) is 0. The van der Waals surface area contributed by atoms with E-state index in [0.717, 1.165) is 13.0 Å².